The molecule has 0 spiro atoms. The highest BCUT2D eigenvalue weighted by molar-refractivity contribution is 7.87. The average Bonchev–Trinajstić information content (AvgIpc) is 3.23. The van der Waals surface area contributed by atoms with Crippen LogP contribution in [0.5, 0.6) is 5.75 Å². The van der Waals surface area contributed by atoms with Gasteiger partial charge in [0.15, 0.2) is 0 Å². The van der Waals surface area contributed by atoms with Gasteiger partial charge < -0.3 is 10.1 Å². The van der Waals surface area contributed by atoms with Crippen LogP contribution in [0.4, 0.5) is 5.69 Å². The Morgan fingerprint density at radius 2 is 1.88 bits per heavy atom. The Labute approximate surface area is 197 Å². The van der Waals surface area contributed by atoms with Gasteiger partial charge in [0, 0.05) is 16.4 Å². The minimum atomic E-state index is -4.34. The van der Waals surface area contributed by atoms with Crippen molar-refractivity contribution >= 4 is 33.2 Å². The molecule has 3 rings (SSSR count). The summed E-state index contributed by atoms with van der Waals surface area (Å²) >= 11 is 1.46. The van der Waals surface area contributed by atoms with Crippen LogP contribution in [-0.4, -0.2) is 31.0 Å². The topological polar surface area (TPSA) is 118 Å². The molecule has 2 aromatic carbocycles. The number of anilines is 1. The van der Waals surface area contributed by atoms with E-state index in [0.717, 1.165) is 27.6 Å². The summed E-state index contributed by atoms with van der Waals surface area (Å²) in [4.78, 5) is 17.5. The van der Waals surface area contributed by atoms with Crippen molar-refractivity contribution in [1.29, 1.82) is 0 Å². The predicted molar refractivity (Wildman–Crippen MR) is 130 cm³/mol. The molecule has 0 aliphatic carbocycles. The normalized spacial score (nSPS) is 12.8. The van der Waals surface area contributed by atoms with Gasteiger partial charge in [0.1, 0.15) is 10.8 Å². The summed E-state index contributed by atoms with van der Waals surface area (Å²) in [5, 5.41) is 5.79. The Hall–Kier alpha value is -2.95. The molecule has 33 heavy (non-hydrogen) atoms. The van der Waals surface area contributed by atoms with Crippen LogP contribution in [0.15, 0.2) is 53.9 Å². The van der Waals surface area contributed by atoms with Gasteiger partial charge in [0.05, 0.1) is 24.5 Å². The number of rotatable bonds is 8. The third kappa shape index (κ3) is 7.01. The van der Waals surface area contributed by atoms with E-state index in [1.807, 2.05) is 55.1 Å². The molecule has 1 amide bonds. The van der Waals surface area contributed by atoms with E-state index in [9.17, 15) is 13.2 Å². The molecule has 3 aromatic rings. The second kappa shape index (κ2) is 9.90. The van der Waals surface area contributed by atoms with Crippen LogP contribution in [0.3, 0.4) is 0 Å². The lowest BCUT2D eigenvalue weighted by atomic mass is 9.94. The van der Waals surface area contributed by atoms with Crippen molar-refractivity contribution in [2.45, 2.75) is 33.2 Å². The van der Waals surface area contributed by atoms with E-state index in [0.29, 0.717) is 6.42 Å². The van der Waals surface area contributed by atoms with Gasteiger partial charge in [-0.05, 0) is 36.2 Å². The first-order valence-corrected chi connectivity index (χ1v) is 12.5. The highest BCUT2D eigenvalue weighted by Gasteiger charge is 2.26. The third-order valence-corrected chi connectivity index (χ3v) is 6.26. The fourth-order valence-electron chi connectivity index (χ4n) is 3.03. The highest BCUT2D eigenvalue weighted by Crippen LogP contribution is 2.30. The molecule has 3 N–H and O–H groups in total. The predicted octanol–water partition coefficient (Wildman–Crippen LogP) is 4.48. The molecular formula is C23H27N3O5S2. The molecule has 0 aliphatic rings. The standard InChI is InChI=1S/C23H27N3O5S2/c1-23(2,3)22(27)25-19(12-15-8-10-17(11-9-15)26-33(28,29)30)21-24-20(14-32-21)16-6-5-7-18(13-16)31-4/h5-11,13-14,19,26H,12H2,1-4H3,(H,25,27)(H,28,29,30)/t19-/m0/s1. The first kappa shape index (κ1) is 24.7. The molecule has 0 bridgehead atoms. The number of nitrogens with one attached hydrogen (secondary N) is 2. The van der Waals surface area contributed by atoms with Gasteiger partial charge in [-0.1, -0.05) is 45.0 Å². The highest BCUT2D eigenvalue weighted by atomic mass is 32.2. The van der Waals surface area contributed by atoms with Gasteiger partial charge in [-0.2, -0.15) is 8.42 Å². The Bertz CT molecular complexity index is 1220. The Kier molecular flexibility index (Phi) is 7.41. The zero-order chi connectivity index (χ0) is 24.2. The number of methoxy groups -OCH3 is 1. The molecule has 0 aliphatic heterocycles. The van der Waals surface area contributed by atoms with E-state index < -0.39 is 15.7 Å². The first-order chi connectivity index (χ1) is 15.4. The van der Waals surface area contributed by atoms with Crippen LogP contribution in [0, 0.1) is 5.41 Å². The van der Waals surface area contributed by atoms with Gasteiger partial charge in [0.25, 0.3) is 0 Å². The number of amides is 1. The number of nitrogens with zero attached hydrogens (tertiary/aromatic N) is 1. The van der Waals surface area contributed by atoms with Crippen molar-refractivity contribution in [3.8, 4) is 17.0 Å². The minimum absolute atomic E-state index is 0.102. The number of benzene rings is 2. The van der Waals surface area contributed by atoms with Crippen molar-refractivity contribution in [2.24, 2.45) is 5.41 Å². The maximum atomic E-state index is 12.8. The molecule has 0 saturated heterocycles. The molecule has 10 heteroatoms. The zero-order valence-electron chi connectivity index (χ0n) is 18.8. The smallest absolute Gasteiger partial charge is 0.357 e. The lowest BCUT2D eigenvalue weighted by Crippen LogP contribution is -2.38. The van der Waals surface area contributed by atoms with Crippen LogP contribution in [0.2, 0.25) is 0 Å². The molecule has 0 saturated carbocycles. The largest absolute Gasteiger partial charge is 0.497 e. The number of carbonyl (C=O) groups excluding carboxylic acids is 1. The van der Waals surface area contributed by atoms with E-state index >= 15 is 0 Å². The molecule has 0 radical (unpaired) electrons. The van der Waals surface area contributed by atoms with Crippen molar-refractivity contribution in [2.75, 3.05) is 11.8 Å². The van der Waals surface area contributed by atoms with Crippen molar-refractivity contribution in [1.82, 2.24) is 10.3 Å². The number of ether oxygens (including phenoxy) is 1. The van der Waals surface area contributed by atoms with Gasteiger partial charge in [-0.25, -0.2) is 4.98 Å². The maximum Gasteiger partial charge on any atom is 0.357 e. The number of carbonyl (C=O) groups is 1. The summed E-state index contributed by atoms with van der Waals surface area (Å²) in [5.74, 6) is 0.633. The molecule has 8 nitrogen and oxygen atoms in total. The first-order valence-electron chi connectivity index (χ1n) is 10.2. The fourth-order valence-corrected chi connectivity index (χ4v) is 4.34. The monoisotopic (exact) mass is 489 g/mol. The summed E-state index contributed by atoms with van der Waals surface area (Å²) in [6, 6.07) is 13.8. The van der Waals surface area contributed by atoms with Crippen LogP contribution in [-0.2, 0) is 21.5 Å². The van der Waals surface area contributed by atoms with Crippen LogP contribution in [0.1, 0.15) is 37.4 Å². The summed E-state index contributed by atoms with van der Waals surface area (Å²) in [6.07, 6.45) is 0.457. The van der Waals surface area contributed by atoms with Gasteiger partial charge in [-0.3, -0.25) is 14.1 Å². The number of aromatic nitrogens is 1. The molecule has 1 heterocycles. The summed E-state index contributed by atoms with van der Waals surface area (Å²) in [6.45, 7) is 5.54. The molecular weight excluding hydrogens is 462 g/mol. The van der Waals surface area contributed by atoms with Crippen LogP contribution < -0.4 is 14.8 Å². The molecule has 176 valence electrons. The lowest BCUT2D eigenvalue weighted by molar-refractivity contribution is -0.129. The van der Waals surface area contributed by atoms with Crippen molar-refractivity contribution in [3.05, 3.63) is 64.5 Å². The quantitative estimate of drug-likeness (QED) is 0.402. The SMILES string of the molecule is COc1cccc(-c2csc([C@H](Cc3ccc(NS(=O)(=O)O)cc3)NC(=O)C(C)(C)C)n2)c1. The van der Waals surface area contributed by atoms with Gasteiger partial charge >= 0.3 is 10.3 Å². The van der Waals surface area contributed by atoms with Crippen LogP contribution >= 0.6 is 11.3 Å². The van der Waals surface area contributed by atoms with Crippen molar-refractivity contribution in [3.63, 3.8) is 0 Å². The minimum Gasteiger partial charge on any atom is -0.497 e. The van der Waals surface area contributed by atoms with E-state index in [1.54, 1.807) is 31.4 Å². The van der Waals surface area contributed by atoms with Gasteiger partial charge in [0.2, 0.25) is 5.91 Å². The third-order valence-electron chi connectivity index (χ3n) is 4.81. The zero-order valence-corrected chi connectivity index (χ0v) is 20.5. The second-order valence-corrected chi connectivity index (χ2v) is 10.6. The molecule has 0 fully saturated rings. The summed E-state index contributed by atoms with van der Waals surface area (Å²) in [5.41, 5.74) is 2.24. The molecule has 0 unspecified atom stereocenters. The van der Waals surface area contributed by atoms with E-state index in [2.05, 4.69) is 5.32 Å². The van der Waals surface area contributed by atoms with E-state index in [-0.39, 0.29) is 17.6 Å². The fraction of sp³-hybridized carbons (Fsp3) is 0.304. The summed E-state index contributed by atoms with van der Waals surface area (Å²) in [7, 11) is -2.73. The lowest BCUT2D eigenvalue weighted by Gasteiger charge is -2.23. The van der Waals surface area contributed by atoms with Gasteiger partial charge in [-0.15, -0.1) is 11.3 Å². The van der Waals surface area contributed by atoms with E-state index in [4.69, 9.17) is 14.3 Å². The summed E-state index contributed by atoms with van der Waals surface area (Å²) < 4.78 is 38.3. The maximum absolute atomic E-state index is 12.8. The molecule has 1 aromatic heterocycles. The Morgan fingerprint density at radius 3 is 2.48 bits per heavy atom. The number of hydrogen-bond donors (Lipinski definition) is 3. The molecule has 1 atom stereocenters. The Morgan fingerprint density at radius 1 is 1.18 bits per heavy atom. The van der Waals surface area contributed by atoms with Crippen LogP contribution in [0.25, 0.3) is 11.3 Å². The van der Waals surface area contributed by atoms with Crippen molar-refractivity contribution < 1.29 is 22.5 Å². The second-order valence-electron chi connectivity index (χ2n) is 8.56. The number of thiazole rings is 1. The van der Waals surface area contributed by atoms with E-state index in [1.165, 1.54) is 11.3 Å². The average molecular weight is 490 g/mol. The Balaban J connectivity index is 1.87. The number of hydrogen-bond acceptors (Lipinski definition) is 6.